The van der Waals surface area contributed by atoms with Crippen molar-refractivity contribution < 1.29 is 23.8 Å². The Morgan fingerprint density at radius 1 is 1.14 bits per heavy atom. The minimum Gasteiger partial charge on any atom is -0.493 e. The Kier molecular flexibility index (Phi) is 11.5. The van der Waals surface area contributed by atoms with Gasteiger partial charge in [-0.1, -0.05) is 19.4 Å². The number of rotatable bonds is 14. The second-order valence-electron chi connectivity index (χ2n) is 9.37. The molecule has 1 N–H and O–H groups in total. The summed E-state index contributed by atoms with van der Waals surface area (Å²) >= 11 is 1.69. The van der Waals surface area contributed by atoms with Gasteiger partial charge in [-0.05, 0) is 62.4 Å². The molecule has 0 bridgehead atoms. The maximum Gasteiger partial charge on any atom is 0.317 e. The number of nitrogens with one attached hydrogen (secondary N) is 1. The first-order chi connectivity index (χ1) is 17.9. The molecule has 37 heavy (non-hydrogen) atoms. The first kappa shape index (κ1) is 28.8. The lowest BCUT2D eigenvalue weighted by molar-refractivity contribution is -0.132. The number of unbranched alkanes of at least 4 members (excludes halogenated alkanes) is 1. The van der Waals surface area contributed by atoms with Gasteiger partial charge in [0.2, 0.25) is 5.91 Å². The summed E-state index contributed by atoms with van der Waals surface area (Å²) in [4.78, 5) is 32.4. The summed E-state index contributed by atoms with van der Waals surface area (Å²) in [7, 11) is 3.23. The van der Waals surface area contributed by atoms with Crippen LogP contribution >= 0.6 is 11.3 Å². The zero-order valence-electron chi connectivity index (χ0n) is 22.6. The third kappa shape index (κ3) is 8.93. The highest BCUT2D eigenvalue weighted by Gasteiger charge is 2.26. The van der Waals surface area contributed by atoms with Crippen LogP contribution in [0.1, 0.15) is 47.9 Å². The molecule has 1 aromatic carbocycles. The molecule has 1 atom stereocenters. The molecule has 204 valence electrons. The highest BCUT2D eigenvalue weighted by Crippen LogP contribution is 2.28. The van der Waals surface area contributed by atoms with Crippen LogP contribution in [-0.4, -0.2) is 74.8 Å². The molecule has 2 heterocycles. The molecule has 1 fully saturated rings. The Bertz CT molecular complexity index is 1010. The number of hydrogen-bond acceptors (Lipinski definition) is 6. The van der Waals surface area contributed by atoms with Crippen LogP contribution in [0.5, 0.6) is 11.5 Å². The summed E-state index contributed by atoms with van der Waals surface area (Å²) in [6.07, 6.45) is 4.43. The third-order valence-electron chi connectivity index (χ3n) is 6.48. The molecule has 0 saturated carbocycles. The van der Waals surface area contributed by atoms with E-state index in [9.17, 15) is 9.59 Å². The predicted molar refractivity (Wildman–Crippen MR) is 147 cm³/mol. The van der Waals surface area contributed by atoms with Crippen molar-refractivity contribution in [1.82, 2.24) is 15.1 Å². The number of thiophene rings is 1. The lowest BCUT2D eigenvalue weighted by Gasteiger charge is -2.29. The molecule has 1 unspecified atom stereocenters. The van der Waals surface area contributed by atoms with Gasteiger partial charge in [0, 0.05) is 36.0 Å². The summed E-state index contributed by atoms with van der Waals surface area (Å²) in [5.74, 6) is 1.26. The molecule has 0 radical (unpaired) electrons. The molecule has 1 aliphatic heterocycles. The Morgan fingerprint density at radius 3 is 2.59 bits per heavy atom. The van der Waals surface area contributed by atoms with Crippen LogP contribution in [0.15, 0.2) is 30.3 Å². The maximum absolute atomic E-state index is 13.6. The molecule has 3 amide bonds. The van der Waals surface area contributed by atoms with Crippen LogP contribution in [0.2, 0.25) is 0 Å². The number of amides is 3. The maximum atomic E-state index is 13.6. The number of nitrogens with zero attached hydrogens (tertiary/aromatic N) is 2. The van der Waals surface area contributed by atoms with E-state index in [1.807, 2.05) is 23.1 Å². The van der Waals surface area contributed by atoms with Crippen LogP contribution in [0.25, 0.3) is 0 Å². The SMILES string of the molecule is CCCCNC(=O)N(CC(=O)N(CCc1ccc(OC)c(OC)c1)Cc1ccc(C)s1)CC1CCCO1. The number of ether oxygens (including phenoxy) is 3. The van der Waals surface area contributed by atoms with Crippen molar-refractivity contribution in [3.63, 3.8) is 0 Å². The van der Waals surface area contributed by atoms with E-state index in [1.54, 1.807) is 30.5 Å². The van der Waals surface area contributed by atoms with Crippen molar-refractivity contribution >= 4 is 23.3 Å². The van der Waals surface area contributed by atoms with E-state index in [2.05, 4.69) is 31.3 Å². The summed E-state index contributed by atoms with van der Waals surface area (Å²) < 4.78 is 16.6. The number of aryl methyl sites for hydroxylation is 1. The fourth-order valence-corrected chi connectivity index (χ4v) is 5.26. The number of carbonyl (C=O) groups is 2. The monoisotopic (exact) mass is 531 g/mol. The van der Waals surface area contributed by atoms with E-state index < -0.39 is 0 Å². The molecule has 1 aliphatic rings. The highest BCUT2D eigenvalue weighted by molar-refractivity contribution is 7.11. The molecule has 0 spiro atoms. The van der Waals surface area contributed by atoms with Crippen molar-refractivity contribution in [2.45, 2.75) is 58.6 Å². The van der Waals surface area contributed by atoms with E-state index in [1.165, 1.54) is 4.88 Å². The van der Waals surface area contributed by atoms with Crippen LogP contribution in [0.4, 0.5) is 4.79 Å². The van der Waals surface area contributed by atoms with Gasteiger partial charge in [-0.2, -0.15) is 0 Å². The minimum absolute atomic E-state index is 0.0219. The van der Waals surface area contributed by atoms with Gasteiger partial charge in [-0.3, -0.25) is 4.79 Å². The predicted octanol–water partition coefficient (Wildman–Crippen LogP) is 4.64. The van der Waals surface area contributed by atoms with Crippen molar-refractivity contribution in [3.05, 3.63) is 45.6 Å². The van der Waals surface area contributed by atoms with E-state index in [4.69, 9.17) is 14.2 Å². The van der Waals surface area contributed by atoms with E-state index >= 15 is 0 Å². The number of urea groups is 1. The quantitative estimate of drug-likeness (QED) is 0.360. The average molecular weight is 532 g/mol. The number of benzene rings is 1. The largest absolute Gasteiger partial charge is 0.493 e. The first-order valence-corrected chi connectivity index (χ1v) is 13.9. The van der Waals surface area contributed by atoms with Gasteiger partial charge in [-0.25, -0.2) is 4.79 Å². The molecule has 0 aliphatic carbocycles. The smallest absolute Gasteiger partial charge is 0.317 e. The molecule has 1 aromatic heterocycles. The van der Waals surface area contributed by atoms with Gasteiger partial charge in [-0.15, -0.1) is 11.3 Å². The van der Waals surface area contributed by atoms with Crippen LogP contribution in [0, 0.1) is 6.92 Å². The number of carbonyl (C=O) groups excluding carboxylic acids is 2. The van der Waals surface area contributed by atoms with Crippen molar-refractivity contribution in [2.75, 3.05) is 47.0 Å². The van der Waals surface area contributed by atoms with Crippen LogP contribution in [-0.2, 0) is 22.5 Å². The van der Waals surface area contributed by atoms with E-state index in [0.29, 0.717) is 50.7 Å². The summed E-state index contributed by atoms with van der Waals surface area (Å²) in [6, 6.07) is 9.75. The Hall–Kier alpha value is -2.78. The lowest BCUT2D eigenvalue weighted by atomic mass is 10.1. The molecule has 1 saturated heterocycles. The zero-order valence-corrected chi connectivity index (χ0v) is 23.4. The van der Waals surface area contributed by atoms with E-state index in [0.717, 1.165) is 36.1 Å². The fourth-order valence-electron chi connectivity index (χ4n) is 4.35. The average Bonchev–Trinajstić information content (AvgIpc) is 3.57. The Balaban J connectivity index is 1.73. The Labute approximate surface area is 224 Å². The van der Waals surface area contributed by atoms with Crippen molar-refractivity contribution in [3.8, 4) is 11.5 Å². The molecular formula is C28H41N3O5S. The standard InChI is InChI=1S/C28H41N3O5S/c1-5-6-14-29-28(33)31(18-23-8-7-16-36-23)20-27(32)30(19-24-11-9-21(2)37-24)15-13-22-10-12-25(34-3)26(17-22)35-4/h9-12,17,23H,5-8,13-16,18-20H2,1-4H3,(H,29,33). The number of hydrogen-bond donors (Lipinski definition) is 1. The molecular weight excluding hydrogens is 490 g/mol. The summed E-state index contributed by atoms with van der Waals surface area (Å²) in [5.41, 5.74) is 1.05. The fraction of sp³-hybridized carbons (Fsp3) is 0.571. The van der Waals surface area contributed by atoms with Gasteiger partial charge in [0.05, 0.1) is 26.9 Å². The van der Waals surface area contributed by atoms with Crippen LogP contribution in [0.3, 0.4) is 0 Å². The van der Waals surface area contributed by atoms with Gasteiger partial charge >= 0.3 is 6.03 Å². The first-order valence-electron chi connectivity index (χ1n) is 13.1. The number of methoxy groups -OCH3 is 2. The zero-order chi connectivity index (χ0) is 26.6. The van der Waals surface area contributed by atoms with Gasteiger partial charge < -0.3 is 29.3 Å². The van der Waals surface area contributed by atoms with E-state index in [-0.39, 0.29) is 24.6 Å². The molecule has 2 aromatic rings. The van der Waals surface area contributed by atoms with Crippen molar-refractivity contribution in [1.29, 1.82) is 0 Å². The normalized spacial score (nSPS) is 14.9. The third-order valence-corrected chi connectivity index (χ3v) is 7.47. The highest BCUT2D eigenvalue weighted by atomic mass is 32.1. The summed E-state index contributed by atoms with van der Waals surface area (Å²) in [6.45, 7) is 6.93. The van der Waals surface area contributed by atoms with Crippen LogP contribution < -0.4 is 14.8 Å². The molecule has 3 rings (SSSR count). The second-order valence-corrected chi connectivity index (χ2v) is 10.7. The van der Waals surface area contributed by atoms with Crippen molar-refractivity contribution in [2.24, 2.45) is 0 Å². The minimum atomic E-state index is -0.205. The Morgan fingerprint density at radius 2 is 1.95 bits per heavy atom. The van der Waals surface area contributed by atoms with Gasteiger partial charge in [0.1, 0.15) is 6.54 Å². The molecule has 8 nitrogen and oxygen atoms in total. The topological polar surface area (TPSA) is 80.3 Å². The molecule has 9 heteroatoms. The summed E-state index contributed by atoms with van der Waals surface area (Å²) in [5, 5.41) is 2.97. The van der Waals surface area contributed by atoms with Gasteiger partial charge in [0.15, 0.2) is 11.5 Å². The van der Waals surface area contributed by atoms with Gasteiger partial charge in [0.25, 0.3) is 0 Å². The second kappa shape index (κ2) is 14.8. The lowest BCUT2D eigenvalue weighted by Crippen LogP contribution is -2.49.